The van der Waals surface area contributed by atoms with Crippen LogP contribution in [0.4, 0.5) is 0 Å². The maximum absolute atomic E-state index is 12.1. The van der Waals surface area contributed by atoms with E-state index in [0.29, 0.717) is 22.8 Å². The fourth-order valence-electron chi connectivity index (χ4n) is 2.17. The molecule has 1 heterocycles. The van der Waals surface area contributed by atoms with Crippen molar-refractivity contribution in [1.29, 1.82) is 0 Å². The fourth-order valence-corrected chi connectivity index (χ4v) is 2.17. The third-order valence-corrected chi connectivity index (χ3v) is 3.39. The second-order valence-corrected chi connectivity index (χ2v) is 5.03. The molecule has 7 heteroatoms. The summed E-state index contributed by atoms with van der Waals surface area (Å²) in [6.45, 7) is 0.116. The molecule has 0 radical (unpaired) electrons. The van der Waals surface area contributed by atoms with Crippen LogP contribution in [0.25, 0.3) is 0 Å². The van der Waals surface area contributed by atoms with Crippen LogP contribution in [0.15, 0.2) is 47.6 Å². The Hall–Kier alpha value is -3.22. The minimum absolute atomic E-state index is 0.0325. The molecule has 2 aromatic carbocycles. The van der Waals surface area contributed by atoms with Gasteiger partial charge in [0, 0.05) is 0 Å². The average Bonchev–Trinajstić information content (AvgIpc) is 2.62. The SMILES string of the molecule is COc1cc(/C=N\NC(=O)C2COc3ccccc3O2)ccc1O. The van der Waals surface area contributed by atoms with Gasteiger partial charge in [-0.15, -0.1) is 0 Å². The zero-order chi connectivity index (χ0) is 16.9. The number of hydrazone groups is 1. The Bertz CT molecular complexity index is 775. The summed E-state index contributed by atoms with van der Waals surface area (Å²) in [6.07, 6.45) is 0.670. The maximum Gasteiger partial charge on any atom is 0.284 e. The molecule has 2 N–H and O–H groups in total. The molecular weight excluding hydrogens is 312 g/mol. The molecule has 0 saturated heterocycles. The highest BCUT2D eigenvalue weighted by Gasteiger charge is 2.26. The number of phenols is 1. The van der Waals surface area contributed by atoms with Crippen molar-refractivity contribution >= 4 is 12.1 Å². The second kappa shape index (κ2) is 6.91. The summed E-state index contributed by atoms with van der Waals surface area (Å²) in [5.41, 5.74) is 3.07. The molecule has 24 heavy (non-hydrogen) atoms. The number of nitrogens with one attached hydrogen (secondary N) is 1. The number of carbonyl (C=O) groups excluding carboxylic acids is 1. The number of methoxy groups -OCH3 is 1. The van der Waals surface area contributed by atoms with Crippen LogP contribution in [0.1, 0.15) is 5.56 Å². The highest BCUT2D eigenvalue weighted by atomic mass is 16.6. The topological polar surface area (TPSA) is 89.4 Å². The van der Waals surface area contributed by atoms with E-state index in [1.165, 1.54) is 19.4 Å². The molecule has 0 aromatic heterocycles. The third-order valence-electron chi connectivity index (χ3n) is 3.39. The number of benzene rings is 2. The smallest absolute Gasteiger partial charge is 0.284 e. The molecule has 124 valence electrons. The van der Waals surface area contributed by atoms with E-state index in [0.717, 1.165) is 0 Å². The lowest BCUT2D eigenvalue weighted by Crippen LogP contribution is -2.42. The second-order valence-electron chi connectivity index (χ2n) is 5.03. The lowest BCUT2D eigenvalue weighted by atomic mass is 10.2. The Morgan fingerprint density at radius 2 is 2.12 bits per heavy atom. The van der Waals surface area contributed by atoms with Crippen molar-refractivity contribution in [2.45, 2.75) is 6.10 Å². The molecule has 0 spiro atoms. The van der Waals surface area contributed by atoms with Crippen molar-refractivity contribution in [3.8, 4) is 23.0 Å². The first-order valence-electron chi connectivity index (χ1n) is 7.26. The van der Waals surface area contributed by atoms with E-state index in [2.05, 4.69) is 10.5 Å². The molecule has 1 unspecified atom stereocenters. The summed E-state index contributed by atoms with van der Waals surface area (Å²) in [6, 6.07) is 11.9. The van der Waals surface area contributed by atoms with Gasteiger partial charge in [0.1, 0.15) is 6.61 Å². The van der Waals surface area contributed by atoms with Crippen molar-refractivity contribution in [3.05, 3.63) is 48.0 Å². The highest BCUT2D eigenvalue weighted by molar-refractivity contribution is 5.85. The van der Waals surface area contributed by atoms with Crippen LogP contribution in [0.5, 0.6) is 23.0 Å². The van der Waals surface area contributed by atoms with E-state index in [9.17, 15) is 9.90 Å². The molecule has 1 atom stereocenters. The molecule has 0 fully saturated rings. The van der Waals surface area contributed by atoms with E-state index in [1.807, 2.05) is 6.07 Å². The van der Waals surface area contributed by atoms with Crippen LogP contribution >= 0.6 is 0 Å². The number of para-hydroxylation sites is 2. The highest BCUT2D eigenvalue weighted by Crippen LogP contribution is 2.30. The summed E-state index contributed by atoms with van der Waals surface area (Å²) >= 11 is 0. The number of phenolic OH excluding ortho intramolecular Hbond substituents is 1. The molecule has 0 bridgehead atoms. The summed E-state index contributed by atoms with van der Waals surface area (Å²) in [7, 11) is 1.45. The zero-order valence-electron chi connectivity index (χ0n) is 12.9. The standard InChI is InChI=1S/C17H16N2O5/c1-22-15-8-11(6-7-12(15)20)9-18-19-17(21)16-10-23-13-4-2-3-5-14(13)24-16/h2-9,16,20H,10H2,1H3,(H,19,21)/b18-9-. The number of fused-ring (bicyclic) bond motifs is 1. The first kappa shape index (κ1) is 15.7. The first-order chi connectivity index (χ1) is 11.7. The Morgan fingerprint density at radius 1 is 1.33 bits per heavy atom. The molecule has 1 aliphatic heterocycles. The Kier molecular flexibility index (Phi) is 4.51. The quantitative estimate of drug-likeness (QED) is 0.658. The first-order valence-corrected chi connectivity index (χ1v) is 7.26. The van der Waals surface area contributed by atoms with E-state index in [4.69, 9.17) is 14.2 Å². The summed E-state index contributed by atoms with van der Waals surface area (Å²) in [4.78, 5) is 12.1. The van der Waals surface area contributed by atoms with Crippen molar-refractivity contribution in [2.24, 2.45) is 5.10 Å². The van der Waals surface area contributed by atoms with Crippen molar-refractivity contribution in [3.63, 3.8) is 0 Å². The van der Waals surface area contributed by atoms with Gasteiger partial charge in [0.25, 0.3) is 5.91 Å². The number of hydrogen-bond acceptors (Lipinski definition) is 6. The normalized spacial score (nSPS) is 16.0. The molecule has 1 aliphatic rings. The van der Waals surface area contributed by atoms with Crippen LogP contribution in [0.3, 0.4) is 0 Å². The van der Waals surface area contributed by atoms with Crippen LogP contribution < -0.4 is 19.6 Å². The average molecular weight is 328 g/mol. The monoisotopic (exact) mass is 328 g/mol. The van der Waals surface area contributed by atoms with Gasteiger partial charge in [-0.25, -0.2) is 5.43 Å². The number of ether oxygens (including phenoxy) is 3. The van der Waals surface area contributed by atoms with Crippen molar-refractivity contribution < 1.29 is 24.1 Å². The minimum atomic E-state index is -0.772. The van der Waals surface area contributed by atoms with E-state index in [-0.39, 0.29) is 12.4 Å². The molecule has 0 aliphatic carbocycles. The fraction of sp³-hybridized carbons (Fsp3) is 0.176. The molecule has 3 rings (SSSR count). The Morgan fingerprint density at radius 3 is 2.92 bits per heavy atom. The number of amides is 1. The maximum atomic E-state index is 12.1. The zero-order valence-corrected chi connectivity index (χ0v) is 12.9. The summed E-state index contributed by atoms with van der Waals surface area (Å²) in [5.74, 6) is 1.08. The number of rotatable bonds is 4. The van der Waals surface area contributed by atoms with Gasteiger partial charge >= 0.3 is 0 Å². The van der Waals surface area contributed by atoms with Gasteiger partial charge < -0.3 is 19.3 Å². The van der Waals surface area contributed by atoms with Crippen LogP contribution in [0, 0.1) is 0 Å². The van der Waals surface area contributed by atoms with E-state index in [1.54, 1.807) is 30.3 Å². The van der Waals surface area contributed by atoms with Gasteiger partial charge in [-0.1, -0.05) is 12.1 Å². The number of aromatic hydroxyl groups is 1. The van der Waals surface area contributed by atoms with Crippen molar-refractivity contribution in [1.82, 2.24) is 5.43 Å². The van der Waals surface area contributed by atoms with Gasteiger partial charge in [0.2, 0.25) is 6.10 Å². The van der Waals surface area contributed by atoms with E-state index >= 15 is 0 Å². The summed E-state index contributed by atoms with van der Waals surface area (Å²) < 4.78 is 16.1. The predicted octanol–water partition coefficient (Wildman–Crippen LogP) is 1.69. The predicted molar refractivity (Wildman–Crippen MR) is 86.7 cm³/mol. The molecule has 7 nitrogen and oxygen atoms in total. The van der Waals surface area contributed by atoms with Gasteiger partial charge in [-0.2, -0.15) is 5.10 Å². The van der Waals surface area contributed by atoms with Gasteiger partial charge in [-0.3, -0.25) is 4.79 Å². The Balaban J connectivity index is 1.60. The molecule has 0 saturated carbocycles. The molecule has 1 amide bonds. The van der Waals surface area contributed by atoms with Crippen LogP contribution in [-0.2, 0) is 4.79 Å². The van der Waals surface area contributed by atoms with Gasteiger partial charge in [0.05, 0.1) is 13.3 Å². The third kappa shape index (κ3) is 3.40. The number of hydrogen-bond donors (Lipinski definition) is 2. The largest absolute Gasteiger partial charge is 0.504 e. The minimum Gasteiger partial charge on any atom is -0.504 e. The van der Waals surface area contributed by atoms with Gasteiger partial charge in [0.15, 0.2) is 23.0 Å². The number of nitrogens with zero attached hydrogens (tertiary/aromatic N) is 1. The lowest BCUT2D eigenvalue weighted by Gasteiger charge is -2.24. The van der Waals surface area contributed by atoms with Gasteiger partial charge in [-0.05, 0) is 35.9 Å². The Labute approximate surface area is 138 Å². The van der Waals surface area contributed by atoms with E-state index < -0.39 is 12.0 Å². The lowest BCUT2D eigenvalue weighted by molar-refractivity contribution is -0.130. The number of carbonyl (C=O) groups is 1. The molecule has 2 aromatic rings. The van der Waals surface area contributed by atoms with Crippen molar-refractivity contribution in [2.75, 3.05) is 13.7 Å². The van der Waals surface area contributed by atoms with Crippen LogP contribution in [0.2, 0.25) is 0 Å². The van der Waals surface area contributed by atoms with Crippen LogP contribution in [-0.4, -0.2) is 37.0 Å². The summed E-state index contributed by atoms with van der Waals surface area (Å²) in [5, 5.41) is 13.4. The molecular formula is C17H16N2O5.